The van der Waals surface area contributed by atoms with Gasteiger partial charge < -0.3 is 4.74 Å². The van der Waals surface area contributed by atoms with E-state index in [-0.39, 0.29) is 5.84 Å². The van der Waals surface area contributed by atoms with Crippen molar-refractivity contribution in [3.63, 3.8) is 0 Å². The molecule has 0 fully saturated rings. The van der Waals surface area contributed by atoms with Gasteiger partial charge in [-0.3, -0.25) is 5.41 Å². The standard InChI is InChI=1S/C5H10ClN3O2/c1-3(6)4(7)9(8)5(10)11-2/h3,7H,8H2,1-2H3. The number of amidine groups is 1. The van der Waals surface area contributed by atoms with Gasteiger partial charge in [-0.25, -0.2) is 10.6 Å². The number of carbonyl (C=O) groups is 1. The lowest BCUT2D eigenvalue weighted by Gasteiger charge is -2.16. The van der Waals surface area contributed by atoms with Crippen LogP contribution < -0.4 is 5.84 Å². The van der Waals surface area contributed by atoms with E-state index in [1.54, 1.807) is 0 Å². The third kappa shape index (κ3) is 2.73. The molecule has 0 aliphatic heterocycles. The maximum Gasteiger partial charge on any atom is 0.429 e. The van der Waals surface area contributed by atoms with Gasteiger partial charge in [0.15, 0.2) is 0 Å². The monoisotopic (exact) mass is 179 g/mol. The first-order valence-electron chi connectivity index (χ1n) is 2.86. The fourth-order valence-corrected chi connectivity index (χ4v) is 0.493. The zero-order valence-corrected chi connectivity index (χ0v) is 7.05. The number of hydrogen-bond donors (Lipinski definition) is 2. The average molecular weight is 180 g/mol. The number of nitrogens with one attached hydrogen (secondary N) is 1. The molecule has 1 atom stereocenters. The van der Waals surface area contributed by atoms with Crippen molar-refractivity contribution >= 4 is 23.5 Å². The smallest absolute Gasteiger partial charge is 0.429 e. The van der Waals surface area contributed by atoms with Crippen LogP contribution in [0.1, 0.15) is 6.92 Å². The number of nitrogens with two attached hydrogens (primary N) is 1. The second kappa shape index (κ2) is 4.15. The highest BCUT2D eigenvalue weighted by Gasteiger charge is 2.18. The molecule has 0 bridgehead atoms. The highest BCUT2D eigenvalue weighted by Crippen LogP contribution is 1.99. The van der Waals surface area contributed by atoms with E-state index in [1.807, 2.05) is 0 Å². The molecule has 1 unspecified atom stereocenters. The van der Waals surface area contributed by atoms with Crippen LogP contribution >= 0.6 is 11.6 Å². The van der Waals surface area contributed by atoms with E-state index in [1.165, 1.54) is 14.0 Å². The SMILES string of the molecule is COC(=O)N(N)C(=N)C(C)Cl. The number of nitrogens with zero attached hydrogens (tertiary/aromatic N) is 1. The predicted molar refractivity (Wildman–Crippen MR) is 41.5 cm³/mol. The molecule has 11 heavy (non-hydrogen) atoms. The minimum atomic E-state index is -0.803. The molecule has 0 spiro atoms. The molecule has 0 saturated heterocycles. The number of carbonyl (C=O) groups excluding carboxylic acids is 1. The summed E-state index contributed by atoms with van der Waals surface area (Å²) < 4.78 is 4.25. The number of amides is 1. The Bertz CT molecular complexity index is 171. The Balaban J connectivity index is 4.13. The Hall–Kier alpha value is -0.810. The summed E-state index contributed by atoms with van der Waals surface area (Å²) in [6.45, 7) is 1.53. The summed E-state index contributed by atoms with van der Waals surface area (Å²) in [6, 6.07) is 0. The second-order valence-corrected chi connectivity index (χ2v) is 2.50. The van der Waals surface area contributed by atoms with E-state index in [4.69, 9.17) is 22.9 Å². The second-order valence-electron chi connectivity index (χ2n) is 1.84. The Labute approximate surface area is 69.5 Å². The first kappa shape index (κ1) is 10.2. The molecule has 1 amide bonds. The van der Waals surface area contributed by atoms with Crippen LogP contribution in [0.5, 0.6) is 0 Å². The van der Waals surface area contributed by atoms with Crippen molar-refractivity contribution in [2.75, 3.05) is 7.11 Å². The molecule has 0 rings (SSSR count). The van der Waals surface area contributed by atoms with Gasteiger partial charge in [0.25, 0.3) is 0 Å². The van der Waals surface area contributed by atoms with Gasteiger partial charge in [-0.05, 0) is 6.92 Å². The van der Waals surface area contributed by atoms with E-state index in [9.17, 15) is 4.79 Å². The summed E-state index contributed by atoms with van der Waals surface area (Å²) in [5, 5.41) is 7.09. The molecule has 0 aromatic heterocycles. The summed E-state index contributed by atoms with van der Waals surface area (Å²) in [6.07, 6.45) is -0.803. The van der Waals surface area contributed by atoms with Crippen LogP contribution in [0.2, 0.25) is 0 Å². The van der Waals surface area contributed by atoms with Crippen molar-refractivity contribution < 1.29 is 9.53 Å². The quantitative estimate of drug-likeness (QED) is 0.154. The van der Waals surface area contributed by atoms with Crippen molar-refractivity contribution in [2.45, 2.75) is 12.3 Å². The van der Waals surface area contributed by atoms with Gasteiger partial charge in [0.1, 0.15) is 5.84 Å². The maximum atomic E-state index is 10.6. The summed E-state index contributed by atoms with van der Waals surface area (Å²) in [5.41, 5.74) is 0. The van der Waals surface area contributed by atoms with Crippen LogP contribution in [-0.4, -0.2) is 29.4 Å². The van der Waals surface area contributed by atoms with Crippen molar-refractivity contribution in [1.29, 1.82) is 5.41 Å². The van der Waals surface area contributed by atoms with Crippen LogP contribution in [0.3, 0.4) is 0 Å². The lowest BCUT2D eigenvalue weighted by atomic mass is 10.4. The van der Waals surface area contributed by atoms with Crippen LogP contribution in [0, 0.1) is 5.41 Å². The predicted octanol–water partition coefficient (Wildman–Crippen LogP) is 0.533. The van der Waals surface area contributed by atoms with Crippen molar-refractivity contribution in [3.8, 4) is 0 Å². The van der Waals surface area contributed by atoms with E-state index in [0.29, 0.717) is 5.01 Å². The summed E-state index contributed by atoms with van der Waals surface area (Å²) >= 11 is 5.47. The lowest BCUT2D eigenvalue weighted by molar-refractivity contribution is 0.145. The van der Waals surface area contributed by atoms with Crippen molar-refractivity contribution in [1.82, 2.24) is 5.01 Å². The van der Waals surface area contributed by atoms with Crippen molar-refractivity contribution in [3.05, 3.63) is 0 Å². The third-order valence-electron chi connectivity index (χ3n) is 1.01. The normalized spacial score (nSPS) is 12.0. The average Bonchev–Trinajstić information content (AvgIpc) is 2.00. The molecular formula is C5H10ClN3O2. The molecule has 0 aliphatic rings. The summed E-state index contributed by atoms with van der Waals surface area (Å²) in [4.78, 5) is 10.6. The van der Waals surface area contributed by atoms with Crippen LogP contribution in [-0.2, 0) is 4.74 Å². The van der Waals surface area contributed by atoms with Crippen LogP contribution in [0.15, 0.2) is 0 Å². The van der Waals surface area contributed by atoms with E-state index >= 15 is 0 Å². The zero-order valence-electron chi connectivity index (χ0n) is 6.30. The van der Waals surface area contributed by atoms with Gasteiger partial charge in [-0.2, -0.15) is 5.01 Å². The Morgan fingerprint density at radius 2 is 2.27 bits per heavy atom. The first-order chi connectivity index (χ1) is 5.00. The van der Waals surface area contributed by atoms with Gasteiger partial charge in [0.05, 0.1) is 12.5 Å². The number of rotatable bonds is 1. The molecule has 3 N–H and O–H groups in total. The fraction of sp³-hybridized carbons (Fsp3) is 0.600. The fourth-order valence-electron chi connectivity index (χ4n) is 0.388. The molecule has 0 aromatic rings. The molecule has 6 heteroatoms. The number of halogens is 1. The number of alkyl halides is 1. The van der Waals surface area contributed by atoms with Gasteiger partial charge >= 0.3 is 6.09 Å². The highest BCUT2D eigenvalue weighted by atomic mass is 35.5. The number of hydrogen-bond acceptors (Lipinski definition) is 4. The number of hydrazine groups is 1. The highest BCUT2D eigenvalue weighted by molar-refractivity contribution is 6.31. The van der Waals surface area contributed by atoms with E-state index < -0.39 is 11.5 Å². The largest absolute Gasteiger partial charge is 0.452 e. The van der Waals surface area contributed by atoms with Gasteiger partial charge in [-0.15, -0.1) is 11.6 Å². The Morgan fingerprint density at radius 1 is 1.82 bits per heavy atom. The van der Waals surface area contributed by atoms with E-state index in [0.717, 1.165) is 0 Å². The van der Waals surface area contributed by atoms with Crippen molar-refractivity contribution in [2.24, 2.45) is 5.84 Å². The molecule has 0 saturated carbocycles. The Morgan fingerprint density at radius 3 is 2.55 bits per heavy atom. The number of methoxy groups -OCH3 is 1. The van der Waals surface area contributed by atoms with E-state index in [2.05, 4.69) is 4.74 Å². The Kier molecular flexibility index (Phi) is 3.84. The molecule has 0 aromatic carbocycles. The minimum absolute atomic E-state index is 0.196. The summed E-state index contributed by atoms with van der Waals surface area (Å²) in [7, 11) is 1.17. The van der Waals surface area contributed by atoms with Crippen LogP contribution in [0.4, 0.5) is 4.79 Å². The number of ether oxygens (including phenoxy) is 1. The lowest BCUT2D eigenvalue weighted by Crippen LogP contribution is -2.45. The molecule has 64 valence electrons. The molecule has 0 radical (unpaired) electrons. The first-order valence-corrected chi connectivity index (χ1v) is 3.29. The zero-order chi connectivity index (χ0) is 9.02. The van der Waals surface area contributed by atoms with Gasteiger partial charge in [0.2, 0.25) is 0 Å². The molecule has 0 aliphatic carbocycles. The third-order valence-corrected chi connectivity index (χ3v) is 1.21. The molecule has 0 heterocycles. The van der Waals surface area contributed by atoms with Gasteiger partial charge in [0, 0.05) is 0 Å². The van der Waals surface area contributed by atoms with Crippen LogP contribution in [0.25, 0.3) is 0 Å². The maximum absolute atomic E-state index is 10.6. The topological polar surface area (TPSA) is 79.4 Å². The molecular weight excluding hydrogens is 170 g/mol. The summed E-state index contributed by atoms with van der Waals surface area (Å²) in [5.74, 6) is 4.93. The van der Waals surface area contributed by atoms with Gasteiger partial charge in [-0.1, -0.05) is 0 Å². The minimum Gasteiger partial charge on any atom is -0.452 e. The molecule has 5 nitrogen and oxygen atoms in total.